The van der Waals surface area contributed by atoms with Gasteiger partial charge in [-0.15, -0.1) is 0 Å². The molecule has 0 bridgehead atoms. The molecule has 0 aliphatic heterocycles. The molecule has 0 aromatic carbocycles. The summed E-state index contributed by atoms with van der Waals surface area (Å²) in [5, 5.41) is 0. The number of nitrogens with two attached hydrogens (primary N) is 1. The highest BCUT2D eigenvalue weighted by molar-refractivity contribution is 5.43. The fourth-order valence-electron chi connectivity index (χ4n) is 2.30. The number of nitrogen functional groups attached to an aromatic ring is 1. The summed E-state index contributed by atoms with van der Waals surface area (Å²) in [6.07, 6.45) is 3.27. The molecule has 1 aliphatic carbocycles. The summed E-state index contributed by atoms with van der Waals surface area (Å²) >= 11 is 0. The number of fused-ring (bicyclic) bond motifs is 1. The predicted molar refractivity (Wildman–Crippen MR) is 68.2 cm³/mol. The zero-order chi connectivity index (χ0) is 13.7. The van der Waals surface area contributed by atoms with Crippen molar-refractivity contribution in [1.29, 1.82) is 0 Å². The van der Waals surface area contributed by atoms with Crippen LogP contribution < -0.4 is 5.73 Å². The normalized spacial score (nSPS) is 15.3. The van der Waals surface area contributed by atoms with E-state index in [0.29, 0.717) is 18.1 Å². The van der Waals surface area contributed by atoms with E-state index >= 15 is 0 Å². The molecule has 0 spiro atoms. The zero-order valence-electron chi connectivity index (χ0n) is 10.9. The molecular weight excluding hydrogens is 252 g/mol. The molecule has 1 aliphatic rings. The van der Waals surface area contributed by atoms with Gasteiger partial charge in [-0.25, -0.2) is 18.7 Å². The average Bonchev–Trinajstić information content (AvgIpc) is 2.60. The van der Waals surface area contributed by atoms with Crippen LogP contribution >= 0.6 is 0 Å². The minimum absolute atomic E-state index is 0.197. The van der Waals surface area contributed by atoms with Crippen molar-refractivity contribution in [2.24, 2.45) is 0 Å². The van der Waals surface area contributed by atoms with Crippen LogP contribution in [0.4, 0.5) is 14.6 Å². The van der Waals surface area contributed by atoms with Gasteiger partial charge in [-0.3, -0.25) is 0 Å². The summed E-state index contributed by atoms with van der Waals surface area (Å²) in [5.41, 5.74) is 8.04. The maximum atomic E-state index is 11.9. The first-order valence-electron chi connectivity index (χ1n) is 6.67. The minimum atomic E-state index is -2.43. The molecule has 6 heteroatoms. The monoisotopic (exact) mass is 271 g/mol. The van der Waals surface area contributed by atoms with E-state index in [9.17, 15) is 8.78 Å². The van der Waals surface area contributed by atoms with Crippen molar-refractivity contribution in [3.8, 4) is 0 Å². The van der Waals surface area contributed by atoms with E-state index in [2.05, 4.69) is 9.97 Å². The van der Waals surface area contributed by atoms with Crippen molar-refractivity contribution in [2.75, 3.05) is 18.9 Å². The number of hydrogen-bond donors (Lipinski definition) is 1. The van der Waals surface area contributed by atoms with Crippen LogP contribution in [0.3, 0.4) is 0 Å². The van der Waals surface area contributed by atoms with Crippen molar-refractivity contribution in [3.05, 3.63) is 17.1 Å². The number of aromatic nitrogens is 2. The molecule has 2 N–H and O–H groups in total. The summed E-state index contributed by atoms with van der Waals surface area (Å²) in [5.74, 6) is 1.13. The van der Waals surface area contributed by atoms with Gasteiger partial charge in [0.05, 0.1) is 6.61 Å². The summed E-state index contributed by atoms with van der Waals surface area (Å²) in [4.78, 5) is 8.74. The lowest BCUT2D eigenvalue weighted by molar-refractivity contribution is 0.0183. The van der Waals surface area contributed by atoms with Crippen LogP contribution in [0.2, 0.25) is 0 Å². The van der Waals surface area contributed by atoms with Crippen LogP contribution in [0.5, 0.6) is 0 Å². The Morgan fingerprint density at radius 1 is 1.16 bits per heavy atom. The average molecular weight is 271 g/mol. The van der Waals surface area contributed by atoms with E-state index in [1.54, 1.807) is 0 Å². The van der Waals surface area contributed by atoms with Crippen molar-refractivity contribution < 1.29 is 13.5 Å². The quantitative estimate of drug-likeness (QED) is 0.658. The summed E-state index contributed by atoms with van der Waals surface area (Å²) in [6.45, 7) is -0.344. The number of nitrogens with zero attached hydrogens (tertiary/aromatic N) is 2. The molecule has 0 saturated heterocycles. The number of halogens is 2. The Morgan fingerprint density at radius 2 is 1.95 bits per heavy atom. The molecule has 0 saturated carbocycles. The molecule has 1 aromatic heterocycles. The third kappa shape index (κ3) is 4.09. The first-order valence-corrected chi connectivity index (χ1v) is 6.67. The molecular formula is C13H19F2N3O. The Kier molecular flexibility index (Phi) is 5.01. The van der Waals surface area contributed by atoms with Gasteiger partial charge in [-0.1, -0.05) is 6.42 Å². The van der Waals surface area contributed by atoms with Crippen LogP contribution in [0.25, 0.3) is 0 Å². The number of aryl methyl sites for hydroxylation is 1. The van der Waals surface area contributed by atoms with Crippen LogP contribution in [0, 0.1) is 0 Å². The highest BCUT2D eigenvalue weighted by Crippen LogP contribution is 2.23. The molecule has 2 rings (SSSR count). The molecule has 0 atom stereocenters. The van der Waals surface area contributed by atoms with Crippen LogP contribution in [-0.4, -0.2) is 29.6 Å². The van der Waals surface area contributed by atoms with E-state index in [1.165, 1.54) is 6.42 Å². The molecule has 1 aromatic rings. The number of alkyl halides is 2. The van der Waals surface area contributed by atoms with Gasteiger partial charge in [0.25, 0.3) is 6.43 Å². The Bertz CT molecular complexity index is 427. The maximum Gasteiger partial charge on any atom is 0.261 e. The lowest BCUT2D eigenvalue weighted by atomic mass is 10.1. The molecule has 1 heterocycles. The fraction of sp³-hybridized carbons (Fsp3) is 0.692. The van der Waals surface area contributed by atoms with Crippen molar-refractivity contribution >= 4 is 5.82 Å². The van der Waals surface area contributed by atoms with E-state index in [0.717, 1.165) is 36.9 Å². The van der Waals surface area contributed by atoms with E-state index < -0.39 is 13.0 Å². The van der Waals surface area contributed by atoms with Crippen molar-refractivity contribution in [3.63, 3.8) is 0 Å². The summed E-state index contributed by atoms with van der Waals surface area (Å²) in [7, 11) is 0. The van der Waals surface area contributed by atoms with Crippen molar-refractivity contribution in [2.45, 2.75) is 45.0 Å². The lowest BCUT2D eigenvalue weighted by Crippen LogP contribution is -2.12. The Balaban J connectivity index is 1.98. The zero-order valence-corrected chi connectivity index (χ0v) is 10.9. The van der Waals surface area contributed by atoms with Gasteiger partial charge in [-0.05, 0) is 25.7 Å². The second-order valence-electron chi connectivity index (χ2n) is 4.73. The van der Waals surface area contributed by atoms with Crippen molar-refractivity contribution in [1.82, 2.24) is 9.97 Å². The SMILES string of the molecule is Nc1nc(CCOCC(F)F)nc2c1CCCCC2. The molecule has 19 heavy (non-hydrogen) atoms. The van der Waals surface area contributed by atoms with Gasteiger partial charge in [0, 0.05) is 17.7 Å². The van der Waals surface area contributed by atoms with Crippen LogP contribution in [0.15, 0.2) is 0 Å². The van der Waals surface area contributed by atoms with Crippen LogP contribution in [0.1, 0.15) is 36.3 Å². The molecule has 0 unspecified atom stereocenters. The third-order valence-electron chi connectivity index (χ3n) is 3.23. The van der Waals surface area contributed by atoms with Gasteiger partial charge in [-0.2, -0.15) is 0 Å². The van der Waals surface area contributed by atoms with E-state index in [1.807, 2.05) is 0 Å². The van der Waals surface area contributed by atoms with Gasteiger partial charge < -0.3 is 10.5 Å². The number of hydrogen-bond acceptors (Lipinski definition) is 4. The first kappa shape index (κ1) is 14.1. The smallest absolute Gasteiger partial charge is 0.261 e. The second-order valence-corrected chi connectivity index (χ2v) is 4.73. The summed E-state index contributed by atoms with van der Waals surface area (Å²) < 4.78 is 28.7. The maximum absolute atomic E-state index is 11.9. The topological polar surface area (TPSA) is 61.0 Å². The highest BCUT2D eigenvalue weighted by Gasteiger charge is 2.15. The molecule has 0 amide bonds. The third-order valence-corrected chi connectivity index (χ3v) is 3.23. The molecule has 0 radical (unpaired) electrons. The van der Waals surface area contributed by atoms with E-state index in [4.69, 9.17) is 10.5 Å². The minimum Gasteiger partial charge on any atom is -0.383 e. The number of ether oxygens (including phenoxy) is 1. The van der Waals surface area contributed by atoms with Gasteiger partial charge in [0.2, 0.25) is 0 Å². The number of anilines is 1. The molecule has 106 valence electrons. The Morgan fingerprint density at radius 3 is 2.74 bits per heavy atom. The number of rotatable bonds is 5. The van der Waals surface area contributed by atoms with E-state index in [-0.39, 0.29) is 6.61 Å². The Labute approximate surface area is 111 Å². The predicted octanol–water partition coefficient (Wildman–Crippen LogP) is 2.15. The lowest BCUT2D eigenvalue weighted by Gasteiger charge is -2.10. The Hall–Kier alpha value is -1.30. The second kappa shape index (κ2) is 6.75. The van der Waals surface area contributed by atoms with Crippen LogP contribution in [-0.2, 0) is 24.0 Å². The van der Waals surface area contributed by atoms with Gasteiger partial charge in [0.15, 0.2) is 0 Å². The first-order chi connectivity index (χ1) is 9.16. The fourth-order valence-corrected chi connectivity index (χ4v) is 2.30. The van der Waals surface area contributed by atoms with Gasteiger partial charge in [0.1, 0.15) is 18.2 Å². The molecule has 4 nitrogen and oxygen atoms in total. The van der Waals surface area contributed by atoms with Gasteiger partial charge >= 0.3 is 0 Å². The highest BCUT2D eigenvalue weighted by atomic mass is 19.3. The molecule has 0 fully saturated rings. The standard InChI is InChI=1S/C13H19F2N3O/c14-11(15)8-19-7-6-12-17-10-5-3-1-2-4-9(10)13(16)18-12/h11H,1-8H2,(H2,16,17,18). The summed E-state index contributed by atoms with van der Waals surface area (Å²) in [6, 6.07) is 0. The largest absolute Gasteiger partial charge is 0.383 e.